The molecular formula is C12H8Cl3NO. The predicted octanol–water partition coefficient (Wildman–Crippen LogP) is 4.20. The van der Waals surface area contributed by atoms with Crippen LogP contribution in [0.15, 0.2) is 30.5 Å². The van der Waals surface area contributed by atoms with E-state index in [1.54, 1.807) is 24.3 Å². The Kier molecular flexibility index (Phi) is 3.89. The van der Waals surface area contributed by atoms with E-state index < -0.39 is 0 Å². The van der Waals surface area contributed by atoms with Gasteiger partial charge in [-0.05, 0) is 29.3 Å². The van der Waals surface area contributed by atoms with E-state index in [0.29, 0.717) is 20.8 Å². The summed E-state index contributed by atoms with van der Waals surface area (Å²) in [7, 11) is 0. The zero-order chi connectivity index (χ0) is 12.4. The smallest absolute Gasteiger partial charge is 0.136 e. The van der Waals surface area contributed by atoms with E-state index in [2.05, 4.69) is 4.98 Å². The van der Waals surface area contributed by atoms with E-state index >= 15 is 0 Å². The van der Waals surface area contributed by atoms with Gasteiger partial charge < -0.3 is 5.11 Å². The summed E-state index contributed by atoms with van der Waals surface area (Å²) >= 11 is 17.8. The summed E-state index contributed by atoms with van der Waals surface area (Å²) in [6.07, 6.45) is 1.53. The van der Waals surface area contributed by atoms with Crippen molar-refractivity contribution in [3.05, 3.63) is 51.2 Å². The van der Waals surface area contributed by atoms with Crippen LogP contribution in [0.3, 0.4) is 0 Å². The highest BCUT2D eigenvalue weighted by molar-refractivity contribution is 6.42. The summed E-state index contributed by atoms with van der Waals surface area (Å²) in [6.45, 7) is -0.0848. The SMILES string of the molecule is OCc1cnc(Cl)c(-c2ccc(Cl)c(Cl)c2)c1. The van der Waals surface area contributed by atoms with Crippen LogP contribution in [-0.4, -0.2) is 10.1 Å². The molecule has 0 saturated heterocycles. The summed E-state index contributed by atoms with van der Waals surface area (Å²) in [5.41, 5.74) is 2.22. The standard InChI is InChI=1S/C12H8Cl3NO/c13-10-2-1-8(4-11(10)14)9-3-7(6-17)5-16-12(9)15/h1-5,17H,6H2. The molecule has 1 aromatic carbocycles. The largest absolute Gasteiger partial charge is 0.392 e. The molecule has 0 radical (unpaired) electrons. The van der Waals surface area contributed by atoms with E-state index in [9.17, 15) is 0 Å². The molecule has 0 fully saturated rings. The number of halogens is 3. The van der Waals surface area contributed by atoms with Crippen molar-refractivity contribution >= 4 is 34.8 Å². The second-order valence-electron chi connectivity index (χ2n) is 3.47. The highest BCUT2D eigenvalue weighted by Crippen LogP contribution is 2.32. The Morgan fingerprint density at radius 3 is 2.47 bits per heavy atom. The molecule has 0 aliphatic rings. The molecule has 2 nitrogen and oxygen atoms in total. The van der Waals surface area contributed by atoms with Crippen LogP contribution in [-0.2, 0) is 6.61 Å². The topological polar surface area (TPSA) is 33.1 Å². The van der Waals surface area contributed by atoms with Crippen LogP contribution < -0.4 is 0 Å². The normalized spacial score (nSPS) is 10.6. The average Bonchev–Trinajstić information content (AvgIpc) is 2.33. The molecule has 0 spiro atoms. The minimum atomic E-state index is -0.0848. The number of aliphatic hydroxyl groups is 1. The Hall–Kier alpha value is -0.800. The molecule has 2 rings (SSSR count). The molecule has 5 heteroatoms. The van der Waals surface area contributed by atoms with Crippen molar-refractivity contribution in [1.82, 2.24) is 4.98 Å². The lowest BCUT2D eigenvalue weighted by atomic mass is 10.1. The van der Waals surface area contributed by atoms with Crippen LogP contribution in [0.1, 0.15) is 5.56 Å². The van der Waals surface area contributed by atoms with E-state index in [-0.39, 0.29) is 6.61 Å². The summed E-state index contributed by atoms with van der Waals surface area (Å²) < 4.78 is 0. The molecule has 0 aliphatic heterocycles. The summed E-state index contributed by atoms with van der Waals surface area (Å²) in [4.78, 5) is 4.01. The van der Waals surface area contributed by atoms with E-state index in [1.165, 1.54) is 6.20 Å². The Balaban J connectivity index is 2.55. The zero-order valence-corrected chi connectivity index (χ0v) is 10.9. The van der Waals surface area contributed by atoms with Gasteiger partial charge in [0.05, 0.1) is 16.7 Å². The van der Waals surface area contributed by atoms with Crippen molar-refractivity contribution in [3.8, 4) is 11.1 Å². The maximum atomic E-state index is 9.07. The van der Waals surface area contributed by atoms with Crippen LogP contribution in [0.25, 0.3) is 11.1 Å². The Bertz CT molecular complexity index is 557. The first-order chi connectivity index (χ1) is 8.11. The number of hydrogen-bond acceptors (Lipinski definition) is 2. The number of benzene rings is 1. The van der Waals surface area contributed by atoms with E-state index in [1.807, 2.05) is 0 Å². The zero-order valence-electron chi connectivity index (χ0n) is 8.62. The number of pyridine rings is 1. The molecule has 0 amide bonds. The number of nitrogens with zero attached hydrogens (tertiary/aromatic N) is 1. The fraction of sp³-hybridized carbons (Fsp3) is 0.0833. The van der Waals surface area contributed by atoms with Crippen molar-refractivity contribution in [1.29, 1.82) is 0 Å². The van der Waals surface area contributed by atoms with E-state index in [4.69, 9.17) is 39.9 Å². The third-order valence-corrected chi connectivity index (χ3v) is 3.35. The van der Waals surface area contributed by atoms with Gasteiger partial charge in [-0.2, -0.15) is 0 Å². The van der Waals surface area contributed by atoms with Gasteiger partial charge in [-0.15, -0.1) is 0 Å². The molecule has 17 heavy (non-hydrogen) atoms. The molecule has 0 atom stereocenters. The molecule has 1 heterocycles. The van der Waals surface area contributed by atoms with Crippen molar-refractivity contribution in [2.24, 2.45) is 0 Å². The van der Waals surface area contributed by atoms with Crippen molar-refractivity contribution in [2.45, 2.75) is 6.61 Å². The van der Waals surface area contributed by atoms with Crippen LogP contribution in [0.4, 0.5) is 0 Å². The molecule has 1 aromatic heterocycles. The summed E-state index contributed by atoms with van der Waals surface area (Å²) in [5.74, 6) is 0. The maximum absolute atomic E-state index is 9.07. The van der Waals surface area contributed by atoms with E-state index in [0.717, 1.165) is 11.1 Å². The highest BCUT2D eigenvalue weighted by atomic mass is 35.5. The number of rotatable bonds is 2. The lowest BCUT2D eigenvalue weighted by Crippen LogP contribution is -1.89. The first-order valence-corrected chi connectivity index (χ1v) is 5.96. The van der Waals surface area contributed by atoms with Gasteiger partial charge in [0.15, 0.2) is 0 Å². The first kappa shape index (κ1) is 12.7. The number of aliphatic hydroxyl groups excluding tert-OH is 1. The van der Waals surface area contributed by atoms with Gasteiger partial charge >= 0.3 is 0 Å². The van der Waals surface area contributed by atoms with Gasteiger partial charge in [0, 0.05) is 11.8 Å². The first-order valence-electron chi connectivity index (χ1n) is 4.82. The molecule has 88 valence electrons. The number of hydrogen-bond donors (Lipinski definition) is 1. The lowest BCUT2D eigenvalue weighted by molar-refractivity contribution is 0.281. The third-order valence-electron chi connectivity index (χ3n) is 2.31. The number of aromatic nitrogens is 1. The molecule has 1 N–H and O–H groups in total. The minimum absolute atomic E-state index is 0.0848. The van der Waals surface area contributed by atoms with Crippen molar-refractivity contribution < 1.29 is 5.11 Å². The molecule has 0 bridgehead atoms. The van der Waals surface area contributed by atoms with Crippen LogP contribution in [0, 0.1) is 0 Å². The van der Waals surface area contributed by atoms with Gasteiger partial charge in [-0.3, -0.25) is 0 Å². The minimum Gasteiger partial charge on any atom is -0.392 e. The second-order valence-corrected chi connectivity index (χ2v) is 4.64. The predicted molar refractivity (Wildman–Crippen MR) is 70.6 cm³/mol. The van der Waals surface area contributed by atoms with Gasteiger partial charge in [0.1, 0.15) is 5.15 Å². The summed E-state index contributed by atoms with van der Waals surface area (Å²) in [6, 6.07) is 6.99. The molecular weight excluding hydrogens is 280 g/mol. The average molecular weight is 289 g/mol. The maximum Gasteiger partial charge on any atom is 0.136 e. The molecule has 0 saturated carbocycles. The van der Waals surface area contributed by atoms with Crippen molar-refractivity contribution in [2.75, 3.05) is 0 Å². The van der Waals surface area contributed by atoms with Crippen LogP contribution in [0.2, 0.25) is 15.2 Å². The molecule has 0 unspecified atom stereocenters. The van der Waals surface area contributed by atoms with Gasteiger partial charge in [0.2, 0.25) is 0 Å². The summed E-state index contributed by atoms with van der Waals surface area (Å²) in [5, 5.41) is 10.4. The molecule has 0 aliphatic carbocycles. The van der Waals surface area contributed by atoms with Gasteiger partial charge in [-0.25, -0.2) is 4.98 Å². The Morgan fingerprint density at radius 1 is 1.06 bits per heavy atom. The Labute approximate surface area is 114 Å². The quantitative estimate of drug-likeness (QED) is 0.840. The van der Waals surface area contributed by atoms with Crippen molar-refractivity contribution in [3.63, 3.8) is 0 Å². The second kappa shape index (κ2) is 5.23. The van der Waals surface area contributed by atoms with Gasteiger partial charge in [-0.1, -0.05) is 40.9 Å². The Morgan fingerprint density at radius 2 is 1.82 bits per heavy atom. The third kappa shape index (κ3) is 2.72. The monoisotopic (exact) mass is 287 g/mol. The fourth-order valence-electron chi connectivity index (χ4n) is 1.44. The van der Waals surface area contributed by atoms with Crippen LogP contribution in [0.5, 0.6) is 0 Å². The lowest BCUT2D eigenvalue weighted by Gasteiger charge is -2.07. The van der Waals surface area contributed by atoms with Gasteiger partial charge in [0.25, 0.3) is 0 Å². The van der Waals surface area contributed by atoms with Crippen LogP contribution >= 0.6 is 34.8 Å². The fourth-order valence-corrected chi connectivity index (χ4v) is 1.95. The highest BCUT2D eigenvalue weighted by Gasteiger charge is 2.08. The molecule has 2 aromatic rings.